The second kappa shape index (κ2) is 10.1. The van der Waals surface area contributed by atoms with Gasteiger partial charge >= 0.3 is 0 Å². The number of carbonyl (C=O) groups excluding carboxylic acids is 1. The van der Waals surface area contributed by atoms with E-state index in [2.05, 4.69) is 4.90 Å². The number of hydrogen-bond acceptors (Lipinski definition) is 4. The Kier molecular flexibility index (Phi) is 7.86. The predicted molar refractivity (Wildman–Crippen MR) is 113 cm³/mol. The average molecular weight is 463 g/mol. The summed E-state index contributed by atoms with van der Waals surface area (Å²) >= 11 is 24.3. The van der Waals surface area contributed by atoms with Crippen LogP contribution in [0.15, 0.2) is 36.4 Å². The number of hydrogen-bond donors (Lipinski definition) is 0. The van der Waals surface area contributed by atoms with E-state index >= 15 is 0 Å². The van der Waals surface area contributed by atoms with Crippen LogP contribution in [-0.2, 0) is 16.1 Å². The molecule has 0 N–H and O–H groups in total. The highest BCUT2D eigenvalue weighted by atomic mass is 35.5. The third-order valence-electron chi connectivity index (χ3n) is 4.54. The summed E-state index contributed by atoms with van der Waals surface area (Å²) in [6.45, 7) is 2.84. The van der Waals surface area contributed by atoms with Crippen molar-refractivity contribution in [3.05, 3.63) is 62.6 Å². The molecule has 0 bridgehead atoms. The SMILES string of the molecule is O=C(Cl)CCN1CCOC(c2ccc(OCc3c(Cl)cccc3Cl)cc2Cl)C1. The monoisotopic (exact) mass is 461 g/mol. The zero-order valence-corrected chi connectivity index (χ0v) is 18.0. The predicted octanol–water partition coefficient (Wildman–Crippen LogP) is 5.75. The van der Waals surface area contributed by atoms with Crippen LogP contribution in [-0.4, -0.2) is 36.4 Å². The van der Waals surface area contributed by atoms with E-state index in [0.29, 0.717) is 46.9 Å². The molecule has 4 nitrogen and oxygen atoms in total. The Balaban J connectivity index is 1.64. The summed E-state index contributed by atoms with van der Waals surface area (Å²) in [7, 11) is 0. The molecule has 1 atom stereocenters. The number of nitrogens with zero attached hydrogens (tertiary/aromatic N) is 1. The van der Waals surface area contributed by atoms with Gasteiger partial charge in [-0.3, -0.25) is 9.69 Å². The highest BCUT2D eigenvalue weighted by Gasteiger charge is 2.24. The lowest BCUT2D eigenvalue weighted by Gasteiger charge is -2.33. The molecule has 1 saturated heterocycles. The fourth-order valence-corrected chi connectivity index (χ4v) is 3.91. The Bertz CT molecular complexity index is 826. The molecule has 0 saturated carbocycles. The molecule has 0 aliphatic carbocycles. The van der Waals surface area contributed by atoms with E-state index in [9.17, 15) is 4.79 Å². The summed E-state index contributed by atoms with van der Waals surface area (Å²) in [5, 5.41) is 1.34. The number of morpholine rings is 1. The number of benzene rings is 2. The van der Waals surface area contributed by atoms with Gasteiger partial charge in [0.15, 0.2) is 0 Å². The minimum Gasteiger partial charge on any atom is -0.489 e. The van der Waals surface area contributed by atoms with E-state index in [1.165, 1.54) is 0 Å². The molecule has 1 unspecified atom stereocenters. The van der Waals surface area contributed by atoms with Crippen LogP contribution in [0.25, 0.3) is 0 Å². The second-order valence-electron chi connectivity index (χ2n) is 6.44. The first-order valence-corrected chi connectivity index (χ1v) is 10.3. The average Bonchev–Trinajstić information content (AvgIpc) is 2.66. The minimum absolute atomic E-state index is 0.168. The molecule has 8 heteroatoms. The highest BCUT2D eigenvalue weighted by molar-refractivity contribution is 6.63. The first-order valence-electron chi connectivity index (χ1n) is 8.81. The van der Waals surface area contributed by atoms with Gasteiger partial charge in [-0.2, -0.15) is 0 Å². The zero-order chi connectivity index (χ0) is 20.1. The van der Waals surface area contributed by atoms with E-state index < -0.39 is 0 Å². The molecule has 0 spiro atoms. The first kappa shape index (κ1) is 21.7. The van der Waals surface area contributed by atoms with Gasteiger partial charge in [0.05, 0.1) is 17.7 Å². The Morgan fingerprint density at radius 2 is 1.89 bits per heavy atom. The first-order chi connectivity index (χ1) is 13.4. The smallest absolute Gasteiger partial charge is 0.222 e. The molecule has 0 radical (unpaired) electrons. The second-order valence-corrected chi connectivity index (χ2v) is 8.08. The van der Waals surface area contributed by atoms with Crippen LogP contribution in [0.5, 0.6) is 5.75 Å². The van der Waals surface area contributed by atoms with Crippen LogP contribution in [0.2, 0.25) is 15.1 Å². The maximum Gasteiger partial charge on any atom is 0.222 e. The van der Waals surface area contributed by atoms with Crippen molar-refractivity contribution < 1.29 is 14.3 Å². The van der Waals surface area contributed by atoms with E-state index in [4.69, 9.17) is 55.9 Å². The number of carbonyl (C=O) groups is 1. The van der Waals surface area contributed by atoms with Crippen LogP contribution in [0.1, 0.15) is 23.7 Å². The minimum atomic E-state index is -0.332. The maximum atomic E-state index is 11.0. The summed E-state index contributed by atoms with van der Waals surface area (Å²) in [6, 6.07) is 10.8. The van der Waals surface area contributed by atoms with Crippen LogP contribution >= 0.6 is 46.4 Å². The van der Waals surface area contributed by atoms with Crippen molar-refractivity contribution in [2.45, 2.75) is 19.1 Å². The van der Waals surface area contributed by atoms with Gasteiger partial charge in [0.25, 0.3) is 0 Å². The largest absolute Gasteiger partial charge is 0.489 e. The third kappa shape index (κ3) is 5.76. The summed E-state index contributed by atoms with van der Waals surface area (Å²) in [5.74, 6) is 0.616. The molecule has 2 aromatic carbocycles. The van der Waals surface area contributed by atoms with Crippen LogP contribution < -0.4 is 4.74 Å². The Morgan fingerprint density at radius 1 is 1.14 bits per heavy atom. The Morgan fingerprint density at radius 3 is 2.57 bits per heavy atom. The van der Waals surface area contributed by atoms with Crippen LogP contribution in [0.4, 0.5) is 0 Å². The maximum absolute atomic E-state index is 11.0. The summed E-state index contributed by atoms with van der Waals surface area (Å²) in [5.41, 5.74) is 1.61. The van der Waals surface area contributed by atoms with E-state index in [-0.39, 0.29) is 18.0 Å². The number of ether oxygens (including phenoxy) is 2. The van der Waals surface area contributed by atoms with Gasteiger partial charge in [-0.1, -0.05) is 46.9 Å². The number of rotatable bonds is 7. The molecule has 3 rings (SSSR count). The molecule has 2 aromatic rings. The summed E-state index contributed by atoms with van der Waals surface area (Å²) in [6.07, 6.45) is 0.151. The molecule has 1 heterocycles. The molecule has 1 aliphatic heterocycles. The summed E-state index contributed by atoms with van der Waals surface area (Å²) in [4.78, 5) is 13.1. The third-order valence-corrected chi connectivity index (χ3v) is 5.76. The van der Waals surface area contributed by atoms with Gasteiger partial charge in [-0.15, -0.1) is 0 Å². The normalized spacial score (nSPS) is 17.5. The summed E-state index contributed by atoms with van der Waals surface area (Å²) < 4.78 is 11.7. The van der Waals surface area contributed by atoms with Crippen LogP contribution in [0.3, 0.4) is 0 Å². The van der Waals surface area contributed by atoms with Crippen molar-refractivity contribution in [3.8, 4) is 5.75 Å². The quantitative estimate of drug-likeness (QED) is 0.490. The van der Waals surface area contributed by atoms with Gasteiger partial charge < -0.3 is 9.47 Å². The lowest BCUT2D eigenvalue weighted by atomic mass is 10.1. The van der Waals surface area contributed by atoms with Crippen molar-refractivity contribution in [3.63, 3.8) is 0 Å². The molecule has 1 aliphatic rings. The molecule has 1 fully saturated rings. The number of halogens is 4. The standard InChI is InChI=1S/C20H19Cl4NO3/c21-16-2-1-3-17(22)15(16)12-28-13-4-5-14(18(23)10-13)19-11-25(8-9-27-19)7-6-20(24)26/h1-5,10,19H,6-9,11-12H2. The van der Waals surface area contributed by atoms with Crippen molar-refractivity contribution in [1.82, 2.24) is 4.90 Å². The van der Waals surface area contributed by atoms with E-state index in [0.717, 1.165) is 17.7 Å². The molecular formula is C20H19Cl4NO3. The lowest BCUT2D eigenvalue weighted by Crippen LogP contribution is -2.39. The molecular weight excluding hydrogens is 444 g/mol. The van der Waals surface area contributed by atoms with Gasteiger partial charge in [-0.05, 0) is 35.9 Å². The van der Waals surface area contributed by atoms with E-state index in [1.54, 1.807) is 24.3 Å². The fourth-order valence-electron chi connectivity index (χ4n) is 3.02. The van der Waals surface area contributed by atoms with Gasteiger partial charge in [0.1, 0.15) is 12.4 Å². The van der Waals surface area contributed by atoms with Crippen LogP contribution in [0, 0.1) is 0 Å². The van der Waals surface area contributed by atoms with Gasteiger partial charge in [0.2, 0.25) is 5.24 Å². The van der Waals surface area contributed by atoms with E-state index in [1.807, 2.05) is 12.1 Å². The van der Waals surface area contributed by atoms with Crippen molar-refractivity contribution in [2.75, 3.05) is 26.2 Å². The van der Waals surface area contributed by atoms with Crippen molar-refractivity contribution in [1.29, 1.82) is 0 Å². The molecule has 150 valence electrons. The van der Waals surface area contributed by atoms with Gasteiger partial charge in [-0.25, -0.2) is 0 Å². The van der Waals surface area contributed by atoms with Crippen molar-refractivity contribution in [2.24, 2.45) is 0 Å². The Hall–Kier alpha value is -1.01. The Labute approximate surface area is 184 Å². The molecule has 0 aromatic heterocycles. The van der Waals surface area contributed by atoms with Crippen molar-refractivity contribution >= 4 is 51.6 Å². The lowest BCUT2D eigenvalue weighted by molar-refractivity contribution is -0.112. The zero-order valence-electron chi connectivity index (χ0n) is 15.0. The molecule has 0 amide bonds. The highest BCUT2D eigenvalue weighted by Crippen LogP contribution is 2.32. The fraction of sp³-hybridized carbons (Fsp3) is 0.350. The topological polar surface area (TPSA) is 38.8 Å². The molecule has 28 heavy (non-hydrogen) atoms. The van der Waals surface area contributed by atoms with Gasteiger partial charge in [0, 0.05) is 47.2 Å².